The van der Waals surface area contributed by atoms with Gasteiger partial charge in [0.2, 0.25) is 0 Å². The van der Waals surface area contributed by atoms with Crippen LogP contribution >= 0.6 is 11.6 Å². The summed E-state index contributed by atoms with van der Waals surface area (Å²) >= 11 is 5.84. The Bertz CT molecular complexity index is 759. The van der Waals surface area contributed by atoms with Gasteiger partial charge >= 0.3 is 0 Å². The van der Waals surface area contributed by atoms with Gasteiger partial charge < -0.3 is 0 Å². The minimum atomic E-state index is -0.492. The summed E-state index contributed by atoms with van der Waals surface area (Å²) in [6, 6.07) is 11.1. The first-order valence-corrected chi connectivity index (χ1v) is 6.69. The fraction of sp³-hybridized carbons (Fsp3) is 0.0667. The van der Waals surface area contributed by atoms with Crippen LogP contribution in [0.2, 0.25) is 5.02 Å². The number of amides is 1. The number of carbonyl (C=O) groups excluding carboxylic acids is 1. The Labute approximate surface area is 131 Å². The molecule has 6 nitrogen and oxygen atoms in total. The zero-order valence-electron chi connectivity index (χ0n) is 11.6. The fourth-order valence-electron chi connectivity index (χ4n) is 1.82. The quantitative estimate of drug-likeness (QED) is 0.533. The largest absolute Gasteiger partial charge is 0.272 e. The molecule has 2 aromatic rings. The Morgan fingerprint density at radius 2 is 2.09 bits per heavy atom. The smallest absolute Gasteiger partial charge is 0.267 e. The van der Waals surface area contributed by atoms with Gasteiger partial charge in [0.05, 0.1) is 11.1 Å². The summed E-state index contributed by atoms with van der Waals surface area (Å²) in [6.45, 7) is 1.57. The molecule has 0 aliphatic carbocycles. The van der Waals surface area contributed by atoms with Gasteiger partial charge in [0.1, 0.15) is 0 Å². The zero-order chi connectivity index (χ0) is 16.1. The van der Waals surface area contributed by atoms with Gasteiger partial charge in [-0.05, 0) is 36.8 Å². The Kier molecular flexibility index (Phi) is 4.85. The minimum Gasteiger partial charge on any atom is -0.267 e. The van der Waals surface area contributed by atoms with E-state index in [0.29, 0.717) is 16.1 Å². The number of aryl methyl sites for hydroxylation is 1. The van der Waals surface area contributed by atoms with Crippen LogP contribution < -0.4 is 5.43 Å². The summed E-state index contributed by atoms with van der Waals surface area (Å²) in [6.07, 6.45) is 1.46. The summed E-state index contributed by atoms with van der Waals surface area (Å²) in [5.41, 5.74) is 3.79. The summed E-state index contributed by atoms with van der Waals surface area (Å²) in [5, 5.41) is 15.1. The maximum absolute atomic E-state index is 11.9. The number of benzene rings is 2. The standard InChI is InChI=1S/C15H12ClN3O3/c1-10-7-12(5-6-14(10)19(21)22)15(20)18-17-9-11-3-2-4-13(16)8-11/h2-9H,1H3,(H,18,20)/b17-9+. The molecule has 0 spiro atoms. The van der Waals surface area contributed by atoms with Gasteiger partial charge in [0.15, 0.2) is 0 Å². The summed E-state index contributed by atoms with van der Waals surface area (Å²) in [5.74, 6) is -0.448. The van der Waals surface area contributed by atoms with E-state index in [9.17, 15) is 14.9 Å². The molecular weight excluding hydrogens is 306 g/mol. The molecule has 1 amide bonds. The lowest BCUT2D eigenvalue weighted by Gasteiger charge is -2.02. The highest BCUT2D eigenvalue weighted by Crippen LogP contribution is 2.18. The van der Waals surface area contributed by atoms with Crippen molar-refractivity contribution in [1.82, 2.24) is 5.43 Å². The Morgan fingerprint density at radius 3 is 2.73 bits per heavy atom. The summed E-state index contributed by atoms with van der Waals surface area (Å²) in [7, 11) is 0. The first kappa shape index (κ1) is 15.7. The second-order valence-corrected chi connectivity index (χ2v) is 4.95. The number of nitrogens with one attached hydrogen (secondary N) is 1. The van der Waals surface area contributed by atoms with Crippen molar-refractivity contribution in [2.45, 2.75) is 6.92 Å². The van der Waals surface area contributed by atoms with Crippen LogP contribution in [0.25, 0.3) is 0 Å². The second kappa shape index (κ2) is 6.82. The summed E-state index contributed by atoms with van der Waals surface area (Å²) < 4.78 is 0. The maximum atomic E-state index is 11.9. The third-order valence-electron chi connectivity index (χ3n) is 2.88. The predicted octanol–water partition coefficient (Wildman–Crippen LogP) is 3.32. The van der Waals surface area contributed by atoms with Crippen LogP contribution in [-0.4, -0.2) is 17.0 Å². The van der Waals surface area contributed by atoms with Crippen LogP contribution in [0.5, 0.6) is 0 Å². The Hall–Kier alpha value is -2.73. The van der Waals surface area contributed by atoms with E-state index in [4.69, 9.17) is 11.6 Å². The highest BCUT2D eigenvalue weighted by atomic mass is 35.5. The maximum Gasteiger partial charge on any atom is 0.272 e. The lowest BCUT2D eigenvalue weighted by Crippen LogP contribution is -2.17. The SMILES string of the molecule is Cc1cc(C(=O)N/N=C/c2cccc(Cl)c2)ccc1[N+](=O)[O-]. The number of nitro groups is 1. The molecular formula is C15H12ClN3O3. The van der Waals surface area contributed by atoms with Gasteiger partial charge in [0, 0.05) is 22.2 Å². The number of hydrazone groups is 1. The van der Waals surface area contributed by atoms with Gasteiger partial charge in [-0.25, -0.2) is 5.43 Å². The van der Waals surface area contributed by atoms with Crippen molar-refractivity contribution in [3.63, 3.8) is 0 Å². The van der Waals surface area contributed by atoms with Gasteiger partial charge in [-0.2, -0.15) is 5.10 Å². The van der Waals surface area contributed by atoms with Crippen molar-refractivity contribution in [3.8, 4) is 0 Å². The van der Waals surface area contributed by atoms with E-state index in [1.165, 1.54) is 24.4 Å². The molecule has 0 fully saturated rings. The Morgan fingerprint density at radius 1 is 1.32 bits per heavy atom. The number of rotatable bonds is 4. The first-order chi connectivity index (χ1) is 10.5. The normalized spacial score (nSPS) is 10.6. The van der Waals surface area contributed by atoms with Gasteiger partial charge in [-0.15, -0.1) is 0 Å². The molecule has 2 aromatic carbocycles. The lowest BCUT2D eigenvalue weighted by atomic mass is 10.1. The molecule has 2 rings (SSSR count). The third-order valence-corrected chi connectivity index (χ3v) is 3.12. The molecule has 0 atom stereocenters. The molecule has 0 aliphatic rings. The van der Waals surface area contributed by atoms with Crippen LogP contribution in [0.15, 0.2) is 47.6 Å². The molecule has 0 aliphatic heterocycles. The number of hydrogen-bond donors (Lipinski definition) is 1. The van der Waals surface area contributed by atoms with Crippen molar-refractivity contribution in [1.29, 1.82) is 0 Å². The second-order valence-electron chi connectivity index (χ2n) is 4.51. The van der Waals surface area contributed by atoms with E-state index in [0.717, 1.165) is 5.56 Å². The topological polar surface area (TPSA) is 84.6 Å². The number of hydrogen-bond acceptors (Lipinski definition) is 4. The molecule has 1 N–H and O–H groups in total. The van der Waals surface area contributed by atoms with Crippen molar-refractivity contribution < 1.29 is 9.72 Å². The fourth-order valence-corrected chi connectivity index (χ4v) is 2.02. The lowest BCUT2D eigenvalue weighted by molar-refractivity contribution is -0.385. The Balaban J connectivity index is 2.06. The van der Waals surface area contributed by atoms with E-state index in [1.807, 2.05) is 0 Å². The minimum absolute atomic E-state index is 0.0287. The molecule has 0 heterocycles. The number of nitro benzene ring substituents is 1. The average molecular weight is 318 g/mol. The number of halogens is 1. The van der Waals surface area contributed by atoms with Gasteiger partial charge in [-0.3, -0.25) is 14.9 Å². The number of carbonyl (C=O) groups is 1. The predicted molar refractivity (Wildman–Crippen MR) is 84.3 cm³/mol. The molecule has 22 heavy (non-hydrogen) atoms. The molecule has 0 aromatic heterocycles. The van der Waals surface area contributed by atoms with Crippen LogP contribution in [0.3, 0.4) is 0 Å². The van der Waals surface area contributed by atoms with Gasteiger partial charge in [-0.1, -0.05) is 23.7 Å². The number of nitrogens with zero attached hydrogens (tertiary/aromatic N) is 2. The molecule has 0 bridgehead atoms. The first-order valence-electron chi connectivity index (χ1n) is 6.31. The van der Waals surface area contributed by atoms with Gasteiger partial charge in [0.25, 0.3) is 11.6 Å². The van der Waals surface area contributed by atoms with Crippen LogP contribution in [0, 0.1) is 17.0 Å². The highest BCUT2D eigenvalue weighted by molar-refractivity contribution is 6.30. The van der Waals surface area contributed by atoms with E-state index < -0.39 is 10.8 Å². The van der Waals surface area contributed by atoms with E-state index in [1.54, 1.807) is 31.2 Å². The summed E-state index contributed by atoms with van der Waals surface area (Å²) in [4.78, 5) is 22.2. The third kappa shape index (κ3) is 3.89. The van der Waals surface area contributed by atoms with Crippen molar-refractivity contribution >= 4 is 29.4 Å². The van der Waals surface area contributed by atoms with Crippen molar-refractivity contribution in [2.24, 2.45) is 5.10 Å². The molecule has 0 radical (unpaired) electrons. The molecule has 112 valence electrons. The molecule has 0 unspecified atom stereocenters. The van der Waals surface area contributed by atoms with Crippen LogP contribution in [-0.2, 0) is 0 Å². The van der Waals surface area contributed by atoms with E-state index in [2.05, 4.69) is 10.5 Å². The van der Waals surface area contributed by atoms with E-state index >= 15 is 0 Å². The highest BCUT2D eigenvalue weighted by Gasteiger charge is 2.13. The average Bonchev–Trinajstić information content (AvgIpc) is 2.46. The van der Waals surface area contributed by atoms with Crippen molar-refractivity contribution in [3.05, 3.63) is 74.3 Å². The molecule has 7 heteroatoms. The zero-order valence-corrected chi connectivity index (χ0v) is 12.4. The van der Waals surface area contributed by atoms with E-state index in [-0.39, 0.29) is 5.69 Å². The molecule has 0 saturated heterocycles. The van der Waals surface area contributed by atoms with Crippen molar-refractivity contribution in [2.75, 3.05) is 0 Å². The molecule has 0 saturated carbocycles. The monoisotopic (exact) mass is 317 g/mol. The van der Waals surface area contributed by atoms with Crippen LogP contribution in [0.4, 0.5) is 5.69 Å². The van der Waals surface area contributed by atoms with Crippen LogP contribution in [0.1, 0.15) is 21.5 Å².